The number of hydrazine groups is 1. The Labute approximate surface area is 260 Å². The van der Waals surface area contributed by atoms with Crippen molar-refractivity contribution in [1.29, 1.82) is 0 Å². The van der Waals surface area contributed by atoms with Crippen LogP contribution >= 0.6 is 0 Å². The molecule has 228 valence electrons. The van der Waals surface area contributed by atoms with Crippen LogP contribution in [0, 0.1) is 24.0 Å². The van der Waals surface area contributed by atoms with E-state index in [1.54, 1.807) is 12.1 Å². The Morgan fingerprint density at radius 3 is 1.73 bits per heavy atom. The molecule has 0 radical (unpaired) electrons. The van der Waals surface area contributed by atoms with Gasteiger partial charge in [-0.1, -0.05) is 48.5 Å². The molecular weight excluding hydrogens is 590 g/mol. The van der Waals surface area contributed by atoms with Crippen molar-refractivity contribution in [2.75, 3.05) is 0 Å². The Balaban J connectivity index is 1.37. The Morgan fingerprint density at radius 1 is 0.756 bits per heavy atom. The van der Waals surface area contributed by atoms with Gasteiger partial charge >= 0.3 is 0 Å². The molecule has 4 aromatic carbocycles. The number of nitro groups is 1. The van der Waals surface area contributed by atoms with Gasteiger partial charge in [0.05, 0.1) is 9.82 Å². The third kappa shape index (κ3) is 5.15. The molecule has 0 aliphatic rings. The number of carbonyl (C=O) groups excluding carboxylic acids is 1. The average Bonchev–Trinajstić information content (AvgIpc) is 3.45. The molecule has 0 atom stereocenters. The van der Waals surface area contributed by atoms with Crippen LogP contribution in [0.5, 0.6) is 0 Å². The van der Waals surface area contributed by atoms with Crippen LogP contribution in [0.15, 0.2) is 102 Å². The standard InChI is InChI=1S/C34H31N5O5S/c1-21-31(27-9-5-7-11-29(27)37(21)3)33(32-22(2)38(4)30-12-8-6-10-28(30)32)23-13-15-24(16-14-23)34(40)35-36-45(43,44)26-19-17-25(18-20-26)39(41)42/h5-20,33,36H,1-4H3,(H,35,40). The van der Waals surface area contributed by atoms with Gasteiger partial charge in [0.25, 0.3) is 21.6 Å². The van der Waals surface area contributed by atoms with Gasteiger partial charge in [-0.15, -0.1) is 4.83 Å². The zero-order chi connectivity index (χ0) is 32.0. The molecule has 0 aliphatic carbocycles. The van der Waals surface area contributed by atoms with Crippen molar-refractivity contribution in [2.45, 2.75) is 24.7 Å². The minimum absolute atomic E-state index is 0.153. The highest BCUT2D eigenvalue weighted by atomic mass is 32.2. The maximum atomic E-state index is 13.0. The molecule has 0 saturated carbocycles. The van der Waals surface area contributed by atoms with E-state index in [2.05, 4.69) is 71.6 Å². The molecule has 2 N–H and O–H groups in total. The first-order valence-electron chi connectivity index (χ1n) is 14.2. The van der Waals surface area contributed by atoms with E-state index in [4.69, 9.17) is 0 Å². The molecule has 0 fully saturated rings. The van der Waals surface area contributed by atoms with Crippen molar-refractivity contribution < 1.29 is 18.1 Å². The minimum Gasteiger partial charge on any atom is -0.348 e. The third-order valence-corrected chi connectivity index (χ3v) is 9.90. The number of amides is 1. The molecule has 6 aromatic rings. The maximum Gasteiger partial charge on any atom is 0.269 e. The second kappa shape index (κ2) is 11.3. The lowest BCUT2D eigenvalue weighted by Crippen LogP contribution is -2.41. The predicted octanol–water partition coefficient (Wildman–Crippen LogP) is 6.00. The quantitative estimate of drug-likeness (QED) is 0.159. The molecule has 0 saturated heterocycles. The summed E-state index contributed by atoms with van der Waals surface area (Å²) < 4.78 is 29.8. The summed E-state index contributed by atoms with van der Waals surface area (Å²) >= 11 is 0. The zero-order valence-corrected chi connectivity index (χ0v) is 25.9. The van der Waals surface area contributed by atoms with Crippen molar-refractivity contribution in [2.24, 2.45) is 14.1 Å². The molecule has 0 aliphatic heterocycles. The fraction of sp³-hybridized carbons (Fsp3) is 0.147. The van der Waals surface area contributed by atoms with Crippen LogP contribution in [0.2, 0.25) is 0 Å². The topological polar surface area (TPSA) is 128 Å². The van der Waals surface area contributed by atoms with Crippen LogP contribution in [-0.4, -0.2) is 28.4 Å². The van der Waals surface area contributed by atoms with E-state index in [-0.39, 0.29) is 22.1 Å². The lowest BCUT2D eigenvalue weighted by Gasteiger charge is -2.21. The number of sulfonamides is 1. The number of nitrogens with zero attached hydrogens (tertiary/aromatic N) is 3. The smallest absolute Gasteiger partial charge is 0.269 e. The molecule has 11 heteroatoms. The van der Waals surface area contributed by atoms with E-state index in [0.717, 1.165) is 63.0 Å². The summed E-state index contributed by atoms with van der Waals surface area (Å²) in [5.74, 6) is -0.800. The van der Waals surface area contributed by atoms with Crippen molar-refractivity contribution in [3.63, 3.8) is 0 Å². The number of nitro benzene ring substituents is 1. The molecular formula is C34H31N5O5S. The van der Waals surface area contributed by atoms with Crippen LogP contribution in [0.4, 0.5) is 5.69 Å². The number of hydrogen-bond acceptors (Lipinski definition) is 5. The molecule has 0 unspecified atom stereocenters. The zero-order valence-electron chi connectivity index (χ0n) is 25.1. The van der Waals surface area contributed by atoms with Crippen LogP contribution in [0.25, 0.3) is 21.8 Å². The number of rotatable bonds is 8. The van der Waals surface area contributed by atoms with Gasteiger partial charge in [-0.25, -0.2) is 8.42 Å². The summed E-state index contributed by atoms with van der Waals surface area (Å²) in [5.41, 5.74) is 10.1. The summed E-state index contributed by atoms with van der Waals surface area (Å²) in [6.45, 7) is 4.25. The van der Waals surface area contributed by atoms with Gasteiger partial charge in [-0.2, -0.15) is 0 Å². The fourth-order valence-electron chi connectivity index (χ4n) is 6.13. The highest BCUT2D eigenvalue weighted by Crippen LogP contribution is 2.44. The van der Waals surface area contributed by atoms with Gasteiger partial charge in [0, 0.05) is 70.9 Å². The van der Waals surface area contributed by atoms with Crippen molar-refractivity contribution in [3.8, 4) is 0 Å². The number of hydrogen-bond donors (Lipinski definition) is 2. The Hall–Kier alpha value is -5.26. The average molecular weight is 622 g/mol. The van der Waals surface area contributed by atoms with Gasteiger partial charge in [0.15, 0.2) is 0 Å². The number of benzene rings is 4. The number of aryl methyl sites for hydroxylation is 2. The normalized spacial score (nSPS) is 11.8. The van der Waals surface area contributed by atoms with E-state index in [1.165, 1.54) is 11.1 Å². The molecule has 6 rings (SSSR count). The maximum absolute atomic E-state index is 13.0. The predicted molar refractivity (Wildman–Crippen MR) is 174 cm³/mol. The van der Waals surface area contributed by atoms with Crippen LogP contribution in [0.3, 0.4) is 0 Å². The number of aromatic nitrogens is 2. The first-order valence-corrected chi connectivity index (χ1v) is 15.7. The SMILES string of the molecule is Cc1c(C(c2ccc(C(=O)NNS(=O)(=O)c3ccc([N+](=O)[O-])cc3)cc2)c2c(C)n(C)c3ccccc23)c2ccccc2n1C. The summed E-state index contributed by atoms with van der Waals surface area (Å²) in [7, 11) is -0.0175. The summed E-state index contributed by atoms with van der Waals surface area (Å²) in [5, 5.41) is 13.2. The molecule has 2 aromatic heterocycles. The van der Waals surface area contributed by atoms with Crippen molar-refractivity contribution >= 4 is 43.4 Å². The first kappa shape index (κ1) is 29.8. The molecule has 45 heavy (non-hydrogen) atoms. The van der Waals surface area contributed by atoms with Crippen molar-refractivity contribution in [3.05, 3.63) is 141 Å². The molecule has 1 amide bonds. The molecule has 2 heterocycles. The van der Waals surface area contributed by atoms with Gasteiger partial charge in [0.1, 0.15) is 0 Å². The Bertz CT molecular complexity index is 2130. The first-order chi connectivity index (χ1) is 21.5. The molecule has 10 nitrogen and oxygen atoms in total. The van der Waals surface area contributed by atoms with E-state index < -0.39 is 20.9 Å². The van der Waals surface area contributed by atoms with Gasteiger partial charge in [-0.05, 0) is 66.9 Å². The second-order valence-electron chi connectivity index (χ2n) is 11.0. The summed E-state index contributed by atoms with van der Waals surface area (Å²) in [6, 6.07) is 28.2. The molecule has 0 spiro atoms. The summed E-state index contributed by atoms with van der Waals surface area (Å²) in [6.07, 6.45) is 0. The monoisotopic (exact) mass is 621 g/mol. The van der Waals surface area contributed by atoms with Crippen LogP contribution in [-0.2, 0) is 24.1 Å². The Kier molecular flexibility index (Phi) is 7.51. The van der Waals surface area contributed by atoms with E-state index in [9.17, 15) is 23.3 Å². The Morgan fingerprint density at radius 2 is 1.24 bits per heavy atom. The third-order valence-electron chi connectivity index (χ3n) is 8.64. The van der Waals surface area contributed by atoms with Crippen LogP contribution in [0.1, 0.15) is 44.4 Å². The minimum atomic E-state index is -4.16. The number of nitrogens with one attached hydrogen (secondary N) is 2. The highest BCUT2D eigenvalue weighted by Gasteiger charge is 2.29. The summed E-state index contributed by atoms with van der Waals surface area (Å²) in [4.78, 5) is 25.1. The van der Waals surface area contributed by atoms with Gasteiger partial charge in [0.2, 0.25) is 0 Å². The van der Waals surface area contributed by atoms with E-state index >= 15 is 0 Å². The van der Waals surface area contributed by atoms with E-state index in [0.29, 0.717) is 0 Å². The van der Waals surface area contributed by atoms with Crippen LogP contribution < -0.4 is 10.3 Å². The van der Waals surface area contributed by atoms with Gasteiger partial charge in [-0.3, -0.25) is 20.3 Å². The van der Waals surface area contributed by atoms with E-state index in [1.807, 2.05) is 36.4 Å². The number of fused-ring (bicyclic) bond motifs is 2. The lowest BCUT2D eigenvalue weighted by atomic mass is 9.82. The van der Waals surface area contributed by atoms with Gasteiger partial charge < -0.3 is 9.13 Å². The lowest BCUT2D eigenvalue weighted by molar-refractivity contribution is -0.384. The number of non-ortho nitro benzene ring substituents is 1. The number of carbonyl (C=O) groups is 1. The highest BCUT2D eigenvalue weighted by molar-refractivity contribution is 7.89. The second-order valence-corrected chi connectivity index (χ2v) is 12.7. The molecule has 0 bridgehead atoms. The largest absolute Gasteiger partial charge is 0.348 e. The van der Waals surface area contributed by atoms with Crippen molar-refractivity contribution in [1.82, 2.24) is 19.4 Å². The number of para-hydroxylation sites is 2. The fourth-order valence-corrected chi connectivity index (χ4v) is 6.96.